The fourth-order valence-electron chi connectivity index (χ4n) is 1.47. The molecule has 5 heteroatoms. The molecule has 0 bridgehead atoms. The van der Waals surface area contributed by atoms with E-state index in [1.165, 1.54) is 7.11 Å². The molecule has 0 fully saturated rings. The number of amides is 1. The normalized spacial score (nSPS) is 11.8. The summed E-state index contributed by atoms with van der Waals surface area (Å²) in [7, 11) is 1.30. The first kappa shape index (κ1) is 14.2. The van der Waals surface area contributed by atoms with Crippen molar-refractivity contribution in [3.05, 3.63) is 35.9 Å². The highest BCUT2D eigenvalue weighted by atomic mass is 16.5. The molecule has 0 saturated heterocycles. The molecule has 2 N–H and O–H groups in total. The molecule has 1 aromatic rings. The maximum absolute atomic E-state index is 11.5. The van der Waals surface area contributed by atoms with Crippen LogP contribution in [0.3, 0.4) is 0 Å². The third-order valence-electron chi connectivity index (χ3n) is 2.53. The molecule has 1 rings (SSSR count). The molecule has 0 aromatic heterocycles. The molecule has 98 valence electrons. The average Bonchev–Trinajstić information content (AvgIpc) is 2.38. The third kappa shape index (κ3) is 4.97. The van der Waals surface area contributed by atoms with Gasteiger partial charge in [0.2, 0.25) is 5.91 Å². The number of benzene rings is 1. The van der Waals surface area contributed by atoms with Crippen LogP contribution in [0.1, 0.15) is 12.0 Å². The number of carboxylic acids is 1. The standard InChI is InChI=1S/C13H17NO4/c1-18-11(13(16)17)9-14-12(15)8-7-10-5-3-2-4-6-10/h2-6,11H,7-9H2,1H3,(H,14,15)(H,16,17). The first-order valence-electron chi connectivity index (χ1n) is 5.69. The van der Waals surface area contributed by atoms with Crippen molar-refractivity contribution in [2.45, 2.75) is 18.9 Å². The van der Waals surface area contributed by atoms with Gasteiger partial charge in [0.15, 0.2) is 6.10 Å². The van der Waals surface area contributed by atoms with Gasteiger partial charge in [-0.25, -0.2) is 4.79 Å². The number of aliphatic carboxylic acids is 1. The number of methoxy groups -OCH3 is 1. The van der Waals surface area contributed by atoms with Gasteiger partial charge >= 0.3 is 5.97 Å². The van der Waals surface area contributed by atoms with E-state index in [0.717, 1.165) is 5.56 Å². The van der Waals surface area contributed by atoms with Crippen LogP contribution in [0.25, 0.3) is 0 Å². The minimum Gasteiger partial charge on any atom is -0.479 e. The molecule has 0 aliphatic carbocycles. The highest BCUT2D eigenvalue weighted by Crippen LogP contribution is 2.02. The SMILES string of the molecule is COC(CNC(=O)CCc1ccccc1)C(=O)O. The molecule has 0 aliphatic rings. The van der Waals surface area contributed by atoms with E-state index in [9.17, 15) is 9.59 Å². The molecule has 0 saturated carbocycles. The number of carbonyl (C=O) groups excluding carboxylic acids is 1. The van der Waals surface area contributed by atoms with Crippen molar-refractivity contribution >= 4 is 11.9 Å². The summed E-state index contributed by atoms with van der Waals surface area (Å²) in [6.45, 7) is -0.0144. The summed E-state index contributed by atoms with van der Waals surface area (Å²) in [5, 5.41) is 11.3. The smallest absolute Gasteiger partial charge is 0.334 e. The summed E-state index contributed by atoms with van der Waals surface area (Å²) >= 11 is 0. The van der Waals surface area contributed by atoms with Gasteiger partial charge in [-0.15, -0.1) is 0 Å². The maximum Gasteiger partial charge on any atom is 0.334 e. The van der Waals surface area contributed by atoms with Crippen LogP contribution >= 0.6 is 0 Å². The molecule has 0 spiro atoms. The number of rotatable bonds is 7. The van der Waals surface area contributed by atoms with Gasteiger partial charge in [-0.05, 0) is 12.0 Å². The van der Waals surface area contributed by atoms with Crippen molar-refractivity contribution in [3.63, 3.8) is 0 Å². The molecule has 1 atom stereocenters. The van der Waals surface area contributed by atoms with Crippen LogP contribution in [0, 0.1) is 0 Å². The van der Waals surface area contributed by atoms with E-state index in [1.807, 2.05) is 30.3 Å². The zero-order valence-electron chi connectivity index (χ0n) is 10.3. The van der Waals surface area contributed by atoms with Crippen molar-refractivity contribution in [2.75, 3.05) is 13.7 Å². The van der Waals surface area contributed by atoms with E-state index in [2.05, 4.69) is 5.32 Å². The van der Waals surface area contributed by atoms with Gasteiger partial charge in [-0.1, -0.05) is 30.3 Å². The summed E-state index contributed by atoms with van der Waals surface area (Å²) in [6.07, 6.45) is -0.0250. The Kier molecular flexibility index (Phi) is 5.87. The minimum absolute atomic E-state index is 0.0144. The predicted molar refractivity (Wildman–Crippen MR) is 66.2 cm³/mol. The molecular formula is C13H17NO4. The topological polar surface area (TPSA) is 75.6 Å². The zero-order chi connectivity index (χ0) is 13.4. The van der Waals surface area contributed by atoms with Gasteiger partial charge in [-0.3, -0.25) is 4.79 Å². The van der Waals surface area contributed by atoms with Gasteiger partial charge < -0.3 is 15.2 Å². The minimum atomic E-state index is -1.08. The van der Waals surface area contributed by atoms with Crippen LogP contribution in [0.4, 0.5) is 0 Å². The summed E-state index contributed by atoms with van der Waals surface area (Å²) in [4.78, 5) is 22.1. The fourth-order valence-corrected chi connectivity index (χ4v) is 1.47. The molecule has 0 radical (unpaired) electrons. The molecule has 1 aromatic carbocycles. The molecule has 5 nitrogen and oxygen atoms in total. The Labute approximate surface area is 106 Å². The largest absolute Gasteiger partial charge is 0.479 e. The van der Waals surface area contributed by atoms with Crippen LogP contribution in [-0.2, 0) is 20.7 Å². The molecule has 18 heavy (non-hydrogen) atoms. The quantitative estimate of drug-likeness (QED) is 0.752. The van der Waals surface area contributed by atoms with E-state index in [1.54, 1.807) is 0 Å². The van der Waals surface area contributed by atoms with Gasteiger partial charge in [0, 0.05) is 13.5 Å². The molecule has 1 unspecified atom stereocenters. The van der Waals surface area contributed by atoms with Crippen molar-refractivity contribution in [2.24, 2.45) is 0 Å². The van der Waals surface area contributed by atoms with Crippen molar-refractivity contribution < 1.29 is 19.4 Å². The van der Waals surface area contributed by atoms with Gasteiger partial charge in [0.25, 0.3) is 0 Å². The second kappa shape index (κ2) is 7.45. The lowest BCUT2D eigenvalue weighted by Crippen LogP contribution is -2.37. The number of hydrogen-bond donors (Lipinski definition) is 2. The van der Waals surface area contributed by atoms with Crippen LogP contribution in [0.15, 0.2) is 30.3 Å². The first-order valence-corrected chi connectivity index (χ1v) is 5.69. The van der Waals surface area contributed by atoms with Crippen LogP contribution < -0.4 is 5.32 Å². The molecule has 0 heterocycles. The Morgan fingerprint density at radius 2 is 2.00 bits per heavy atom. The summed E-state index contributed by atoms with van der Waals surface area (Å²) in [5.74, 6) is -1.26. The Hall–Kier alpha value is -1.88. The van der Waals surface area contributed by atoms with Crippen molar-refractivity contribution in [1.82, 2.24) is 5.32 Å². The van der Waals surface area contributed by atoms with E-state index in [4.69, 9.17) is 9.84 Å². The Morgan fingerprint density at radius 3 is 2.56 bits per heavy atom. The van der Waals surface area contributed by atoms with Crippen LogP contribution in [0.5, 0.6) is 0 Å². The number of hydrogen-bond acceptors (Lipinski definition) is 3. The predicted octanol–water partition coefficient (Wildman–Crippen LogP) is 0.835. The van der Waals surface area contributed by atoms with Crippen molar-refractivity contribution in [1.29, 1.82) is 0 Å². The molecule has 1 amide bonds. The zero-order valence-corrected chi connectivity index (χ0v) is 10.3. The van der Waals surface area contributed by atoms with Crippen LogP contribution in [0.2, 0.25) is 0 Å². The Balaban J connectivity index is 2.28. The number of nitrogens with one attached hydrogen (secondary N) is 1. The number of carbonyl (C=O) groups is 2. The lowest BCUT2D eigenvalue weighted by Gasteiger charge is -2.11. The maximum atomic E-state index is 11.5. The number of aryl methyl sites for hydroxylation is 1. The second-order valence-electron chi connectivity index (χ2n) is 3.85. The number of carboxylic acid groups (broad SMARTS) is 1. The fraction of sp³-hybridized carbons (Fsp3) is 0.385. The highest BCUT2D eigenvalue weighted by Gasteiger charge is 2.16. The molecule has 0 aliphatic heterocycles. The lowest BCUT2D eigenvalue weighted by molar-refractivity contribution is -0.148. The number of ether oxygens (including phenoxy) is 1. The van der Waals surface area contributed by atoms with Gasteiger partial charge in [0.05, 0.1) is 6.54 Å². The lowest BCUT2D eigenvalue weighted by atomic mass is 10.1. The summed E-state index contributed by atoms with van der Waals surface area (Å²) in [5.41, 5.74) is 1.08. The third-order valence-corrected chi connectivity index (χ3v) is 2.53. The van der Waals surface area contributed by atoms with Crippen molar-refractivity contribution in [3.8, 4) is 0 Å². The van der Waals surface area contributed by atoms with E-state index >= 15 is 0 Å². The Bertz CT molecular complexity index is 391. The first-order chi connectivity index (χ1) is 8.63. The van der Waals surface area contributed by atoms with Gasteiger partial charge in [-0.2, -0.15) is 0 Å². The Morgan fingerprint density at radius 1 is 1.33 bits per heavy atom. The van der Waals surface area contributed by atoms with Gasteiger partial charge in [0.1, 0.15) is 0 Å². The highest BCUT2D eigenvalue weighted by molar-refractivity contribution is 5.78. The van der Waals surface area contributed by atoms with E-state index in [0.29, 0.717) is 12.8 Å². The monoisotopic (exact) mass is 251 g/mol. The van der Waals surface area contributed by atoms with E-state index in [-0.39, 0.29) is 12.5 Å². The van der Waals surface area contributed by atoms with Crippen LogP contribution in [-0.4, -0.2) is 36.7 Å². The van der Waals surface area contributed by atoms with E-state index < -0.39 is 12.1 Å². The average molecular weight is 251 g/mol. The molecular weight excluding hydrogens is 234 g/mol. The summed E-state index contributed by atoms with van der Waals surface area (Å²) < 4.78 is 4.71. The second-order valence-corrected chi connectivity index (χ2v) is 3.85. The summed E-state index contributed by atoms with van der Waals surface area (Å²) in [6, 6.07) is 9.64.